The Morgan fingerprint density at radius 3 is 2.61 bits per heavy atom. The number of hydrogen-bond acceptors (Lipinski definition) is 4. The minimum atomic E-state index is -0.735. The van der Waals surface area contributed by atoms with Crippen LogP contribution in [0.5, 0.6) is 0 Å². The van der Waals surface area contributed by atoms with Crippen LogP contribution in [-0.4, -0.2) is 44.3 Å². The van der Waals surface area contributed by atoms with E-state index in [-0.39, 0.29) is 17.4 Å². The van der Waals surface area contributed by atoms with E-state index in [4.69, 9.17) is 0 Å². The molecule has 0 radical (unpaired) electrons. The predicted molar refractivity (Wildman–Crippen MR) is 125 cm³/mol. The zero-order valence-corrected chi connectivity index (χ0v) is 20.0. The van der Waals surface area contributed by atoms with Crippen LogP contribution in [0.3, 0.4) is 0 Å². The molecule has 4 nitrogen and oxygen atoms in total. The molecule has 0 heterocycles. The molecule has 0 aromatic carbocycles. The quantitative estimate of drug-likeness (QED) is 0.491. The van der Waals surface area contributed by atoms with E-state index < -0.39 is 17.8 Å². The van der Waals surface area contributed by atoms with E-state index in [1.807, 2.05) is 13.8 Å². The van der Waals surface area contributed by atoms with Crippen LogP contribution in [0.25, 0.3) is 0 Å². The van der Waals surface area contributed by atoms with Gasteiger partial charge in [0.1, 0.15) is 0 Å². The van der Waals surface area contributed by atoms with Crippen molar-refractivity contribution >= 4 is 0 Å². The van der Waals surface area contributed by atoms with Gasteiger partial charge in [0.15, 0.2) is 0 Å². The molecule has 3 aliphatic rings. The summed E-state index contributed by atoms with van der Waals surface area (Å²) in [6.45, 7) is 12.3. The summed E-state index contributed by atoms with van der Waals surface area (Å²) in [6.07, 6.45) is 10.8. The first-order valence-electron chi connectivity index (χ1n) is 12.3. The summed E-state index contributed by atoms with van der Waals surface area (Å²) in [5.74, 6) is 1.23. The summed E-state index contributed by atoms with van der Waals surface area (Å²) in [5.41, 5.74) is 2.65. The zero-order chi connectivity index (χ0) is 23.0. The molecule has 7 atom stereocenters. The maximum atomic E-state index is 10.9. The van der Waals surface area contributed by atoms with E-state index >= 15 is 0 Å². The highest BCUT2D eigenvalue weighted by Crippen LogP contribution is 2.60. The third-order valence-electron chi connectivity index (χ3n) is 8.60. The number of aliphatic hydroxyl groups excluding tert-OH is 3. The maximum Gasteiger partial charge on any atom is 0.0811 e. The summed E-state index contributed by atoms with van der Waals surface area (Å²) < 4.78 is 0. The Balaban J connectivity index is 1.74. The molecule has 1 unspecified atom stereocenters. The lowest BCUT2D eigenvalue weighted by molar-refractivity contribution is -0.00259. The molecule has 0 saturated heterocycles. The minimum absolute atomic E-state index is 0.195. The molecular weight excluding hydrogens is 388 g/mol. The second-order valence-electron chi connectivity index (χ2n) is 11.4. The highest BCUT2D eigenvalue weighted by molar-refractivity contribution is 5.38. The molecular formula is C27H44O4. The van der Waals surface area contributed by atoms with E-state index in [0.29, 0.717) is 37.5 Å². The summed E-state index contributed by atoms with van der Waals surface area (Å²) >= 11 is 0. The topological polar surface area (TPSA) is 80.9 Å². The first-order valence-corrected chi connectivity index (χ1v) is 12.3. The van der Waals surface area contributed by atoms with Gasteiger partial charge in [0.05, 0.1) is 23.9 Å². The highest BCUT2D eigenvalue weighted by atomic mass is 16.3. The van der Waals surface area contributed by atoms with Gasteiger partial charge in [-0.15, -0.1) is 0 Å². The van der Waals surface area contributed by atoms with E-state index in [1.165, 1.54) is 12.0 Å². The van der Waals surface area contributed by atoms with E-state index in [1.54, 1.807) is 0 Å². The Morgan fingerprint density at radius 2 is 1.94 bits per heavy atom. The van der Waals surface area contributed by atoms with E-state index in [0.717, 1.165) is 36.8 Å². The lowest BCUT2D eigenvalue weighted by Crippen LogP contribution is -2.39. The van der Waals surface area contributed by atoms with Gasteiger partial charge in [-0.25, -0.2) is 0 Å². The van der Waals surface area contributed by atoms with Gasteiger partial charge in [-0.2, -0.15) is 0 Å². The van der Waals surface area contributed by atoms with Crippen molar-refractivity contribution in [1.29, 1.82) is 0 Å². The van der Waals surface area contributed by atoms with Gasteiger partial charge in [-0.1, -0.05) is 38.2 Å². The predicted octanol–water partition coefficient (Wildman–Crippen LogP) is 4.68. The molecule has 0 aliphatic heterocycles. The summed E-state index contributed by atoms with van der Waals surface area (Å²) in [5, 5.41) is 41.1. The molecule has 176 valence electrons. The van der Waals surface area contributed by atoms with Crippen LogP contribution < -0.4 is 0 Å². The van der Waals surface area contributed by atoms with E-state index in [2.05, 4.69) is 32.6 Å². The molecule has 0 bridgehead atoms. The van der Waals surface area contributed by atoms with Crippen LogP contribution >= 0.6 is 0 Å². The van der Waals surface area contributed by atoms with Gasteiger partial charge in [-0.3, -0.25) is 0 Å². The number of fused-ring (bicyclic) bond motifs is 1. The van der Waals surface area contributed by atoms with Crippen molar-refractivity contribution in [3.05, 3.63) is 35.5 Å². The fourth-order valence-electron chi connectivity index (χ4n) is 6.64. The summed E-state index contributed by atoms with van der Waals surface area (Å²) in [6, 6.07) is 0. The molecule has 3 rings (SSSR count). The molecule has 3 fully saturated rings. The Hall–Kier alpha value is -0.940. The van der Waals surface area contributed by atoms with Crippen LogP contribution in [0.1, 0.15) is 85.5 Å². The average Bonchev–Trinajstić information content (AvgIpc) is 3.04. The smallest absolute Gasteiger partial charge is 0.0811 e. The van der Waals surface area contributed by atoms with Gasteiger partial charge in [0, 0.05) is 6.42 Å². The van der Waals surface area contributed by atoms with Crippen molar-refractivity contribution in [3.8, 4) is 0 Å². The number of hydrogen-bond donors (Lipinski definition) is 4. The Bertz CT molecular complexity index is 715. The van der Waals surface area contributed by atoms with Gasteiger partial charge in [0.2, 0.25) is 0 Å². The SMILES string of the molecule is C=C1/C(=C\C=C2CCC[C@@]3(C)C2CC[C@@H]3[C@H](C)[C@H](O)CCC(C)(C)O)C[C@@H](O)C[C@H]1O. The number of allylic oxidation sites excluding steroid dienone is 3. The molecule has 0 aromatic rings. The second-order valence-corrected chi connectivity index (χ2v) is 11.4. The fourth-order valence-corrected chi connectivity index (χ4v) is 6.64. The monoisotopic (exact) mass is 432 g/mol. The van der Waals surface area contributed by atoms with E-state index in [9.17, 15) is 20.4 Å². The Morgan fingerprint density at radius 1 is 1.23 bits per heavy atom. The van der Waals surface area contributed by atoms with Crippen LogP contribution in [0.4, 0.5) is 0 Å². The molecule has 3 aliphatic carbocycles. The third kappa shape index (κ3) is 5.52. The molecule has 31 heavy (non-hydrogen) atoms. The standard InChI is InChI=1S/C27H44O4/c1-17-20(15-21(28)16-25(17)30)9-8-19-7-6-13-27(5)22(10-11-23(19)27)18(2)24(29)12-14-26(3,4)31/h8-9,18,21-25,28-31H,1,6-7,10-16H2,2-5H3/b19-8?,20-9-/t18-,21+,22+,23?,24+,25+,27+/m0/s1. The number of rotatable bonds is 6. The van der Waals surface area contributed by atoms with Gasteiger partial charge >= 0.3 is 0 Å². The van der Waals surface area contributed by atoms with Gasteiger partial charge < -0.3 is 20.4 Å². The van der Waals surface area contributed by atoms with Crippen molar-refractivity contribution < 1.29 is 20.4 Å². The fraction of sp³-hybridized carbons (Fsp3) is 0.778. The normalized spacial score (nSPS) is 39.0. The largest absolute Gasteiger partial charge is 0.393 e. The maximum absolute atomic E-state index is 10.9. The van der Waals surface area contributed by atoms with Crippen LogP contribution in [0, 0.1) is 23.2 Å². The first-order chi connectivity index (χ1) is 14.4. The number of aliphatic hydroxyl groups is 4. The lowest BCUT2D eigenvalue weighted by Gasteiger charge is -2.45. The second kappa shape index (κ2) is 9.51. The highest BCUT2D eigenvalue weighted by Gasteiger charge is 2.51. The summed E-state index contributed by atoms with van der Waals surface area (Å²) in [7, 11) is 0. The summed E-state index contributed by atoms with van der Waals surface area (Å²) in [4.78, 5) is 0. The third-order valence-corrected chi connectivity index (χ3v) is 8.60. The average molecular weight is 433 g/mol. The van der Waals surface area contributed by atoms with Crippen LogP contribution in [0.15, 0.2) is 35.5 Å². The molecule has 0 amide bonds. The molecule has 4 N–H and O–H groups in total. The lowest BCUT2D eigenvalue weighted by atomic mass is 9.60. The van der Waals surface area contributed by atoms with Gasteiger partial charge in [-0.05, 0) is 99.5 Å². The van der Waals surface area contributed by atoms with Crippen molar-refractivity contribution in [3.63, 3.8) is 0 Å². The van der Waals surface area contributed by atoms with Crippen molar-refractivity contribution in [1.82, 2.24) is 0 Å². The van der Waals surface area contributed by atoms with Crippen LogP contribution in [-0.2, 0) is 0 Å². The molecule has 0 aromatic heterocycles. The molecule has 0 spiro atoms. The molecule has 4 heteroatoms. The van der Waals surface area contributed by atoms with Crippen molar-refractivity contribution in [2.24, 2.45) is 23.2 Å². The van der Waals surface area contributed by atoms with Gasteiger partial charge in [0.25, 0.3) is 0 Å². The zero-order valence-electron chi connectivity index (χ0n) is 20.0. The first kappa shape index (κ1) is 24.7. The van der Waals surface area contributed by atoms with Crippen molar-refractivity contribution in [2.45, 2.75) is 109 Å². The minimum Gasteiger partial charge on any atom is -0.393 e. The molecule has 3 saturated carbocycles. The Labute approximate surface area is 188 Å². The van der Waals surface area contributed by atoms with Crippen molar-refractivity contribution in [2.75, 3.05) is 0 Å². The van der Waals surface area contributed by atoms with Crippen LogP contribution in [0.2, 0.25) is 0 Å². The Kier molecular flexibility index (Phi) is 7.57.